The summed E-state index contributed by atoms with van der Waals surface area (Å²) in [5.41, 5.74) is 5.81. The molecule has 3 rings (SSSR count). The number of hydrogen-bond acceptors (Lipinski definition) is 6. The predicted molar refractivity (Wildman–Crippen MR) is 118 cm³/mol. The molecule has 162 valence electrons. The zero-order valence-corrected chi connectivity index (χ0v) is 19.1. The summed E-state index contributed by atoms with van der Waals surface area (Å²) in [4.78, 5) is 26.1. The van der Waals surface area contributed by atoms with Crippen LogP contribution in [0.3, 0.4) is 0 Å². The minimum Gasteiger partial charge on any atom is -0.365 e. The maximum Gasteiger partial charge on any atom is 0.258 e. The van der Waals surface area contributed by atoms with Crippen molar-refractivity contribution in [3.63, 3.8) is 0 Å². The lowest BCUT2D eigenvalue weighted by Crippen LogP contribution is -2.42. The Hall–Kier alpha value is -2.43. The standard InChI is InChI=1S/C20H25N3O5S2/c1-19(2)10-12-14(16(21)24)18(29-15(12)20(3,4)28-19)22-17(25)11-8-6-7-9-13(11)23-30(5,26)27/h6-9,23H,10H2,1-5H3,(H2,21,24)(H,22,25). The number of anilines is 2. The number of amides is 2. The number of thiophene rings is 1. The van der Waals surface area contributed by atoms with Crippen LogP contribution in [0.4, 0.5) is 10.7 Å². The molecule has 2 amide bonds. The molecule has 0 radical (unpaired) electrons. The number of nitrogens with one attached hydrogen (secondary N) is 2. The van der Waals surface area contributed by atoms with Gasteiger partial charge in [0.05, 0.1) is 34.3 Å². The Bertz CT molecular complexity index is 1130. The molecule has 0 atom stereocenters. The zero-order chi connectivity index (χ0) is 22.5. The number of carbonyl (C=O) groups is 2. The third-order valence-corrected chi connectivity index (χ3v) is 6.67. The van der Waals surface area contributed by atoms with Crippen molar-refractivity contribution in [2.24, 2.45) is 5.73 Å². The third-order valence-electron chi connectivity index (χ3n) is 4.63. The Balaban J connectivity index is 2.04. The Labute approximate surface area is 179 Å². The van der Waals surface area contributed by atoms with Crippen molar-refractivity contribution in [1.82, 2.24) is 0 Å². The number of sulfonamides is 1. The highest BCUT2D eigenvalue weighted by molar-refractivity contribution is 7.92. The van der Waals surface area contributed by atoms with Crippen LogP contribution in [0.25, 0.3) is 0 Å². The second-order valence-electron chi connectivity index (χ2n) is 8.40. The molecule has 2 aromatic rings. The largest absolute Gasteiger partial charge is 0.365 e. The van der Waals surface area contributed by atoms with Crippen LogP contribution < -0.4 is 15.8 Å². The second-order valence-corrected chi connectivity index (χ2v) is 11.2. The molecule has 0 spiro atoms. The van der Waals surface area contributed by atoms with Crippen LogP contribution in [0, 0.1) is 0 Å². The van der Waals surface area contributed by atoms with Crippen molar-refractivity contribution in [2.75, 3.05) is 16.3 Å². The van der Waals surface area contributed by atoms with Gasteiger partial charge in [0.15, 0.2) is 0 Å². The quantitative estimate of drug-likeness (QED) is 0.644. The number of nitrogens with two attached hydrogens (primary N) is 1. The van der Waals surface area contributed by atoms with Gasteiger partial charge in [0, 0.05) is 11.3 Å². The van der Waals surface area contributed by atoms with Gasteiger partial charge in [-0.15, -0.1) is 11.3 Å². The van der Waals surface area contributed by atoms with Crippen molar-refractivity contribution in [3.05, 3.63) is 45.8 Å². The van der Waals surface area contributed by atoms with Crippen LogP contribution in [0.5, 0.6) is 0 Å². The fourth-order valence-electron chi connectivity index (χ4n) is 3.81. The number of para-hydroxylation sites is 1. The molecule has 4 N–H and O–H groups in total. The molecule has 1 aromatic heterocycles. The van der Waals surface area contributed by atoms with Gasteiger partial charge >= 0.3 is 0 Å². The lowest BCUT2D eigenvalue weighted by molar-refractivity contribution is -0.135. The van der Waals surface area contributed by atoms with Gasteiger partial charge in [-0.25, -0.2) is 8.42 Å². The summed E-state index contributed by atoms with van der Waals surface area (Å²) in [6.45, 7) is 7.69. The maximum absolute atomic E-state index is 13.0. The van der Waals surface area contributed by atoms with E-state index in [1.54, 1.807) is 12.1 Å². The Kier molecular flexibility index (Phi) is 5.46. The number of primary amides is 1. The van der Waals surface area contributed by atoms with E-state index in [9.17, 15) is 18.0 Å². The number of hydrogen-bond donors (Lipinski definition) is 3. The normalized spacial score (nSPS) is 17.1. The molecule has 1 aliphatic rings. The highest BCUT2D eigenvalue weighted by Gasteiger charge is 2.43. The number of ether oxygens (including phenoxy) is 1. The number of carbonyl (C=O) groups excluding carboxylic acids is 2. The summed E-state index contributed by atoms with van der Waals surface area (Å²) in [7, 11) is -3.58. The van der Waals surface area contributed by atoms with E-state index in [0.717, 1.165) is 16.7 Å². The molecule has 30 heavy (non-hydrogen) atoms. The van der Waals surface area contributed by atoms with Gasteiger partial charge in [-0.05, 0) is 45.4 Å². The first-order chi connectivity index (χ1) is 13.7. The first kappa shape index (κ1) is 22.3. The van der Waals surface area contributed by atoms with Crippen molar-refractivity contribution >= 4 is 43.9 Å². The van der Waals surface area contributed by atoms with E-state index in [2.05, 4.69) is 10.0 Å². The molecule has 0 fully saturated rings. The van der Waals surface area contributed by atoms with Gasteiger partial charge in [0.1, 0.15) is 5.00 Å². The molecule has 1 aromatic carbocycles. The van der Waals surface area contributed by atoms with Crippen LogP contribution in [-0.2, 0) is 26.8 Å². The average Bonchev–Trinajstić information content (AvgIpc) is 2.90. The molecule has 2 heterocycles. The first-order valence-corrected chi connectivity index (χ1v) is 12.0. The summed E-state index contributed by atoms with van der Waals surface area (Å²) in [6.07, 6.45) is 1.48. The molecular weight excluding hydrogens is 426 g/mol. The zero-order valence-electron chi connectivity index (χ0n) is 17.5. The summed E-state index contributed by atoms with van der Waals surface area (Å²) in [5.74, 6) is -1.19. The van der Waals surface area contributed by atoms with Crippen molar-refractivity contribution in [2.45, 2.75) is 45.3 Å². The molecule has 0 unspecified atom stereocenters. The fourth-order valence-corrected chi connectivity index (χ4v) is 5.64. The van der Waals surface area contributed by atoms with Crippen LogP contribution >= 0.6 is 11.3 Å². The number of benzene rings is 1. The molecule has 0 bridgehead atoms. The van der Waals surface area contributed by atoms with Crippen LogP contribution in [-0.4, -0.2) is 32.1 Å². The molecule has 1 aliphatic heterocycles. The molecular formula is C20H25N3O5S2. The monoisotopic (exact) mass is 451 g/mol. The Morgan fingerprint density at radius 1 is 1.17 bits per heavy atom. The summed E-state index contributed by atoms with van der Waals surface area (Å²) < 4.78 is 31.8. The Morgan fingerprint density at radius 2 is 1.80 bits per heavy atom. The van der Waals surface area contributed by atoms with E-state index < -0.39 is 33.0 Å². The highest BCUT2D eigenvalue weighted by Crippen LogP contribution is 2.48. The predicted octanol–water partition coefficient (Wildman–Crippen LogP) is 3.06. The van der Waals surface area contributed by atoms with Crippen LogP contribution in [0.1, 0.15) is 58.9 Å². The van der Waals surface area contributed by atoms with E-state index in [4.69, 9.17) is 10.5 Å². The van der Waals surface area contributed by atoms with Gasteiger partial charge in [0.25, 0.3) is 11.8 Å². The maximum atomic E-state index is 13.0. The summed E-state index contributed by atoms with van der Waals surface area (Å²) in [5, 5.41) is 3.07. The molecule has 0 aliphatic carbocycles. The minimum absolute atomic E-state index is 0.126. The first-order valence-electron chi connectivity index (χ1n) is 9.24. The van der Waals surface area contributed by atoms with Gasteiger partial charge in [-0.1, -0.05) is 12.1 Å². The summed E-state index contributed by atoms with van der Waals surface area (Å²) in [6, 6.07) is 6.22. The van der Waals surface area contributed by atoms with Gasteiger partial charge in [-0.3, -0.25) is 14.3 Å². The van der Waals surface area contributed by atoms with Gasteiger partial charge in [-0.2, -0.15) is 0 Å². The SMILES string of the molecule is CC1(C)Cc2c(sc(NC(=O)c3ccccc3NS(C)(=O)=O)c2C(N)=O)C(C)(C)O1. The third kappa shape index (κ3) is 4.50. The van der Waals surface area contributed by atoms with Crippen molar-refractivity contribution in [1.29, 1.82) is 0 Å². The van der Waals surface area contributed by atoms with E-state index in [1.165, 1.54) is 23.5 Å². The van der Waals surface area contributed by atoms with Crippen molar-refractivity contribution in [3.8, 4) is 0 Å². The smallest absolute Gasteiger partial charge is 0.258 e. The molecule has 10 heteroatoms. The second kappa shape index (κ2) is 7.36. The van der Waals surface area contributed by atoms with Gasteiger partial charge < -0.3 is 15.8 Å². The average molecular weight is 452 g/mol. The molecule has 0 saturated heterocycles. The van der Waals surface area contributed by atoms with E-state index >= 15 is 0 Å². The van der Waals surface area contributed by atoms with Crippen LogP contribution in [0.15, 0.2) is 24.3 Å². The molecule has 0 saturated carbocycles. The highest BCUT2D eigenvalue weighted by atomic mass is 32.2. The van der Waals surface area contributed by atoms with Gasteiger partial charge in [0.2, 0.25) is 10.0 Å². The number of fused-ring (bicyclic) bond motifs is 1. The summed E-state index contributed by atoms with van der Waals surface area (Å²) >= 11 is 1.24. The minimum atomic E-state index is -3.58. The number of rotatable bonds is 5. The lowest BCUT2D eigenvalue weighted by Gasteiger charge is -2.41. The van der Waals surface area contributed by atoms with Crippen LogP contribution in [0.2, 0.25) is 0 Å². The van der Waals surface area contributed by atoms with E-state index in [1.807, 2.05) is 27.7 Å². The van der Waals surface area contributed by atoms with E-state index in [-0.39, 0.29) is 16.8 Å². The van der Waals surface area contributed by atoms with E-state index in [0.29, 0.717) is 11.4 Å². The lowest BCUT2D eigenvalue weighted by atomic mass is 9.86. The topological polar surface area (TPSA) is 128 Å². The fraction of sp³-hybridized carbons (Fsp3) is 0.400. The van der Waals surface area contributed by atoms with Crippen molar-refractivity contribution < 1.29 is 22.7 Å². The molecule has 8 nitrogen and oxygen atoms in total. The Morgan fingerprint density at radius 3 is 2.40 bits per heavy atom.